The first-order valence-corrected chi connectivity index (χ1v) is 6.16. The van der Waals surface area contributed by atoms with Crippen LogP contribution < -0.4 is 5.32 Å². The van der Waals surface area contributed by atoms with Gasteiger partial charge in [-0.15, -0.1) is 0 Å². The summed E-state index contributed by atoms with van der Waals surface area (Å²) in [6, 6.07) is 0.711. The smallest absolute Gasteiger partial charge is 0.0192 e. The van der Waals surface area contributed by atoms with E-state index in [4.69, 9.17) is 0 Å². The van der Waals surface area contributed by atoms with E-state index < -0.39 is 0 Å². The zero-order valence-corrected chi connectivity index (χ0v) is 10.1. The molecule has 0 aromatic carbocycles. The van der Waals surface area contributed by atoms with Crippen LogP contribution in [0.4, 0.5) is 0 Å². The fourth-order valence-electron chi connectivity index (χ4n) is 2.52. The zero-order valence-electron chi connectivity index (χ0n) is 10.1. The molecule has 0 bridgehead atoms. The SMILES string of the molecule is CCCC1CCN(C(C)CNC)CC1. The molecule has 1 aliphatic heterocycles. The zero-order chi connectivity index (χ0) is 10.4. The predicted molar refractivity (Wildman–Crippen MR) is 62.6 cm³/mol. The van der Waals surface area contributed by atoms with Crippen molar-refractivity contribution < 1.29 is 0 Å². The van der Waals surface area contributed by atoms with Gasteiger partial charge in [-0.1, -0.05) is 19.8 Å². The van der Waals surface area contributed by atoms with Crippen molar-refractivity contribution in [2.45, 2.75) is 45.6 Å². The molecule has 1 saturated heterocycles. The fourth-order valence-corrected chi connectivity index (χ4v) is 2.52. The predicted octanol–water partition coefficient (Wildman–Crippen LogP) is 2.11. The molecule has 0 amide bonds. The van der Waals surface area contributed by atoms with E-state index in [1.807, 2.05) is 7.05 Å². The van der Waals surface area contributed by atoms with Crippen molar-refractivity contribution in [2.75, 3.05) is 26.7 Å². The van der Waals surface area contributed by atoms with E-state index in [-0.39, 0.29) is 0 Å². The van der Waals surface area contributed by atoms with Crippen LogP contribution in [-0.4, -0.2) is 37.6 Å². The van der Waals surface area contributed by atoms with Crippen LogP contribution in [0.15, 0.2) is 0 Å². The number of hydrogen-bond donors (Lipinski definition) is 1. The monoisotopic (exact) mass is 198 g/mol. The van der Waals surface area contributed by atoms with Gasteiger partial charge in [0.15, 0.2) is 0 Å². The molecule has 2 heteroatoms. The van der Waals surface area contributed by atoms with Gasteiger partial charge < -0.3 is 5.32 Å². The Hall–Kier alpha value is -0.0800. The highest BCUT2D eigenvalue weighted by atomic mass is 15.2. The molecular weight excluding hydrogens is 172 g/mol. The van der Waals surface area contributed by atoms with Crippen molar-refractivity contribution in [3.63, 3.8) is 0 Å². The Morgan fingerprint density at radius 3 is 2.50 bits per heavy atom. The molecule has 0 aromatic heterocycles. The van der Waals surface area contributed by atoms with Crippen LogP contribution in [-0.2, 0) is 0 Å². The van der Waals surface area contributed by atoms with E-state index in [0.29, 0.717) is 6.04 Å². The number of rotatable bonds is 5. The van der Waals surface area contributed by atoms with Crippen molar-refractivity contribution >= 4 is 0 Å². The standard InChI is InChI=1S/C12H26N2/c1-4-5-12-6-8-14(9-7-12)11(2)10-13-3/h11-13H,4-10H2,1-3H3. The Bertz CT molecular complexity index is 139. The van der Waals surface area contributed by atoms with Crippen LogP contribution in [0.25, 0.3) is 0 Å². The molecule has 1 atom stereocenters. The number of nitrogens with zero attached hydrogens (tertiary/aromatic N) is 1. The summed E-state index contributed by atoms with van der Waals surface area (Å²) in [5.41, 5.74) is 0. The lowest BCUT2D eigenvalue weighted by Gasteiger charge is -2.36. The van der Waals surface area contributed by atoms with E-state index in [1.165, 1.54) is 38.8 Å². The molecular formula is C12H26N2. The van der Waals surface area contributed by atoms with Crippen molar-refractivity contribution in [1.29, 1.82) is 0 Å². The van der Waals surface area contributed by atoms with Crippen LogP contribution in [0.1, 0.15) is 39.5 Å². The summed E-state index contributed by atoms with van der Waals surface area (Å²) >= 11 is 0. The maximum absolute atomic E-state index is 3.26. The third-order valence-corrected chi connectivity index (χ3v) is 3.47. The highest BCUT2D eigenvalue weighted by molar-refractivity contribution is 4.76. The molecule has 0 radical (unpaired) electrons. The maximum Gasteiger partial charge on any atom is 0.0192 e. The van der Waals surface area contributed by atoms with Gasteiger partial charge in [0.25, 0.3) is 0 Å². The quantitative estimate of drug-likeness (QED) is 0.728. The minimum absolute atomic E-state index is 0.711. The molecule has 1 heterocycles. The van der Waals surface area contributed by atoms with Crippen molar-refractivity contribution in [2.24, 2.45) is 5.92 Å². The average molecular weight is 198 g/mol. The van der Waals surface area contributed by atoms with Gasteiger partial charge in [-0.05, 0) is 45.8 Å². The molecule has 0 spiro atoms. The van der Waals surface area contributed by atoms with Gasteiger partial charge in [0.05, 0.1) is 0 Å². The summed E-state index contributed by atoms with van der Waals surface area (Å²) in [6.07, 6.45) is 5.63. The lowest BCUT2D eigenvalue weighted by molar-refractivity contribution is 0.136. The second-order valence-electron chi connectivity index (χ2n) is 4.67. The summed E-state index contributed by atoms with van der Waals surface area (Å²) in [5, 5.41) is 3.26. The first-order chi connectivity index (χ1) is 6.77. The van der Waals surface area contributed by atoms with Gasteiger partial charge in [-0.3, -0.25) is 4.90 Å². The molecule has 0 aliphatic carbocycles. The van der Waals surface area contributed by atoms with E-state index in [2.05, 4.69) is 24.1 Å². The molecule has 0 aromatic rings. The summed E-state index contributed by atoms with van der Waals surface area (Å²) in [7, 11) is 2.04. The number of likely N-dealkylation sites (N-methyl/N-ethyl adjacent to an activating group) is 1. The molecule has 14 heavy (non-hydrogen) atoms. The number of piperidine rings is 1. The lowest BCUT2D eigenvalue weighted by atomic mass is 9.92. The number of likely N-dealkylation sites (tertiary alicyclic amines) is 1. The average Bonchev–Trinajstić information content (AvgIpc) is 2.20. The second kappa shape index (κ2) is 6.41. The summed E-state index contributed by atoms with van der Waals surface area (Å²) in [4.78, 5) is 2.63. The molecule has 2 nitrogen and oxygen atoms in total. The van der Waals surface area contributed by atoms with E-state index >= 15 is 0 Å². The van der Waals surface area contributed by atoms with Gasteiger partial charge >= 0.3 is 0 Å². The van der Waals surface area contributed by atoms with Crippen LogP contribution >= 0.6 is 0 Å². The Kier molecular flexibility index (Phi) is 5.49. The topological polar surface area (TPSA) is 15.3 Å². The van der Waals surface area contributed by atoms with E-state index in [9.17, 15) is 0 Å². The highest BCUT2D eigenvalue weighted by Gasteiger charge is 2.21. The van der Waals surface area contributed by atoms with Crippen molar-refractivity contribution in [1.82, 2.24) is 10.2 Å². The maximum atomic E-state index is 3.26. The lowest BCUT2D eigenvalue weighted by Crippen LogP contribution is -2.44. The first-order valence-electron chi connectivity index (χ1n) is 6.16. The van der Waals surface area contributed by atoms with E-state index in [1.54, 1.807) is 0 Å². The van der Waals surface area contributed by atoms with Gasteiger partial charge in [-0.2, -0.15) is 0 Å². The Labute approximate surface area is 89.1 Å². The molecule has 1 rings (SSSR count). The molecule has 1 N–H and O–H groups in total. The van der Waals surface area contributed by atoms with Gasteiger partial charge in [0.1, 0.15) is 0 Å². The van der Waals surface area contributed by atoms with Crippen LogP contribution in [0.2, 0.25) is 0 Å². The Balaban J connectivity index is 2.21. The van der Waals surface area contributed by atoms with Crippen LogP contribution in [0.5, 0.6) is 0 Å². The summed E-state index contributed by atoms with van der Waals surface area (Å²) in [5.74, 6) is 1.01. The van der Waals surface area contributed by atoms with Gasteiger partial charge in [-0.25, -0.2) is 0 Å². The largest absolute Gasteiger partial charge is 0.318 e. The number of hydrogen-bond acceptors (Lipinski definition) is 2. The minimum Gasteiger partial charge on any atom is -0.318 e. The second-order valence-corrected chi connectivity index (χ2v) is 4.67. The third-order valence-electron chi connectivity index (χ3n) is 3.47. The molecule has 0 saturated carbocycles. The molecule has 1 aliphatic rings. The number of nitrogens with one attached hydrogen (secondary N) is 1. The summed E-state index contributed by atoms with van der Waals surface area (Å²) in [6.45, 7) is 8.38. The first kappa shape index (κ1) is 12.0. The molecule has 1 unspecified atom stereocenters. The highest BCUT2D eigenvalue weighted by Crippen LogP contribution is 2.22. The molecule has 1 fully saturated rings. The van der Waals surface area contributed by atoms with Crippen molar-refractivity contribution in [3.8, 4) is 0 Å². The fraction of sp³-hybridized carbons (Fsp3) is 1.00. The third kappa shape index (κ3) is 3.58. The minimum atomic E-state index is 0.711. The summed E-state index contributed by atoms with van der Waals surface area (Å²) < 4.78 is 0. The van der Waals surface area contributed by atoms with E-state index in [0.717, 1.165) is 12.5 Å². The van der Waals surface area contributed by atoms with Crippen molar-refractivity contribution in [3.05, 3.63) is 0 Å². The van der Waals surface area contributed by atoms with Crippen LogP contribution in [0, 0.1) is 5.92 Å². The van der Waals surface area contributed by atoms with Crippen LogP contribution in [0.3, 0.4) is 0 Å². The molecule has 84 valence electrons. The Morgan fingerprint density at radius 1 is 1.36 bits per heavy atom. The van der Waals surface area contributed by atoms with Gasteiger partial charge in [0, 0.05) is 12.6 Å². The Morgan fingerprint density at radius 2 is 2.00 bits per heavy atom. The normalized spacial score (nSPS) is 22.5. The van der Waals surface area contributed by atoms with Gasteiger partial charge in [0.2, 0.25) is 0 Å².